The van der Waals surface area contributed by atoms with Gasteiger partial charge in [-0.2, -0.15) is 0 Å². The summed E-state index contributed by atoms with van der Waals surface area (Å²) in [5.41, 5.74) is 0.715. The van der Waals surface area contributed by atoms with Gasteiger partial charge in [0.2, 0.25) is 0 Å². The van der Waals surface area contributed by atoms with Crippen molar-refractivity contribution >= 4 is 16.7 Å². The maximum atomic E-state index is 10.7. The summed E-state index contributed by atoms with van der Waals surface area (Å²) in [6.07, 6.45) is 3.27. The normalized spacial score (nSPS) is 10.3. The number of carboxylic acids is 1. The molecule has 0 atom stereocenters. The number of fused-ring (bicyclic) bond motifs is 1. The predicted octanol–water partition coefficient (Wildman–Crippen LogP) is 1.87. The third kappa shape index (κ3) is 1.95. The zero-order chi connectivity index (χ0) is 11.5. The van der Waals surface area contributed by atoms with Crippen LogP contribution in [0.2, 0.25) is 0 Å². The molecule has 16 heavy (non-hydrogen) atoms. The van der Waals surface area contributed by atoms with E-state index in [-0.39, 0.29) is 6.42 Å². The Hall–Kier alpha value is -2.10. The molecular formula is C12H11NO3. The quantitative estimate of drug-likeness (QED) is 0.852. The van der Waals surface area contributed by atoms with E-state index in [1.54, 1.807) is 19.5 Å². The van der Waals surface area contributed by atoms with Gasteiger partial charge in [0, 0.05) is 17.8 Å². The minimum Gasteiger partial charge on any atom is -0.497 e. The number of nitrogens with zero attached hydrogens (tertiary/aromatic N) is 1. The smallest absolute Gasteiger partial charge is 0.307 e. The summed E-state index contributed by atoms with van der Waals surface area (Å²) < 4.78 is 5.10. The molecule has 2 aromatic rings. The van der Waals surface area contributed by atoms with Crippen molar-refractivity contribution in [3.8, 4) is 5.75 Å². The lowest BCUT2D eigenvalue weighted by Gasteiger charge is -2.05. The second kappa shape index (κ2) is 4.18. The molecule has 0 aliphatic heterocycles. The average molecular weight is 217 g/mol. The average Bonchev–Trinajstić information content (AvgIpc) is 2.28. The molecule has 1 heterocycles. The van der Waals surface area contributed by atoms with E-state index in [1.807, 2.05) is 18.2 Å². The van der Waals surface area contributed by atoms with Crippen LogP contribution in [0.15, 0.2) is 30.6 Å². The number of hydrogen-bond acceptors (Lipinski definition) is 3. The summed E-state index contributed by atoms with van der Waals surface area (Å²) >= 11 is 0. The van der Waals surface area contributed by atoms with Crippen LogP contribution in [0.1, 0.15) is 5.56 Å². The second-order valence-corrected chi connectivity index (χ2v) is 3.46. The molecule has 0 spiro atoms. The van der Waals surface area contributed by atoms with Crippen LogP contribution in [-0.2, 0) is 11.2 Å². The van der Waals surface area contributed by atoms with Gasteiger partial charge in [-0.1, -0.05) is 6.07 Å². The monoisotopic (exact) mass is 217 g/mol. The number of ether oxygens (including phenoxy) is 1. The first-order valence-electron chi connectivity index (χ1n) is 4.83. The highest BCUT2D eigenvalue weighted by atomic mass is 16.5. The number of carboxylic acid groups (broad SMARTS) is 1. The first-order chi connectivity index (χ1) is 7.70. The highest BCUT2D eigenvalue weighted by molar-refractivity contribution is 5.88. The molecule has 1 aromatic carbocycles. The van der Waals surface area contributed by atoms with Crippen LogP contribution in [-0.4, -0.2) is 23.2 Å². The van der Waals surface area contributed by atoms with Crippen molar-refractivity contribution in [2.45, 2.75) is 6.42 Å². The first-order valence-corrected chi connectivity index (χ1v) is 4.83. The van der Waals surface area contributed by atoms with E-state index in [0.717, 1.165) is 16.5 Å². The summed E-state index contributed by atoms with van der Waals surface area (Å²) in [5, 5.41) is 10.6. The van der Waals surface area contributed by atoms with Crippen molar-refractivity contribution in [3.05, 3.63) is 36.2 Å². The Bertz CT molecular complexity index is 537. The van der Waals surface area contributed by atoms with Crippen molar-refractivity contribution in [1.82, 2.24) is 4.98 Å². The lowest BCUT2D eigenvalue weighted by Crippen LogP contribution is -2.01. The van der Waals surface area contributed by atoms with Crippen LogP contribution in [0, 0.1) is 0 Å². The van der Waals surface area contributed by atoms with E-state index in [1.165, 1.54) is 0 Å². The fourth-order valence-corrected chi connectivity index (χ4v) is 1.65. The van der Waals surface area contributed by atoms with Crippen molar-refractivity contribution in [2.75, 3.05) is 7.11 Å². The zero-order valence-electron chi connectivity index (χ0n) is 8.80. The summed E-state index contributed by atoms with van der Waals surface area (Å²) in [5.74, 6) is -0.119. The van der Waals surface area contributed by atoms with Gasteiger partial charge in [-0.25, -0.2) is 0 Å². The van der Waals surface area contributed by atoms with E-state index in [4.69, 9.17) is 9.84 Å². The third-order valence-electron chi connectivity index (χ3n) is 2.39. The van der Waals surface area contributed by atoms with Crippen molar-refractivity contribution in [3.63, 3.8) is 0 Å². The van der Waals surface area contributed by atoms with Gasteiger partial charge >= 0.3 is 5.97 Å². The number of aliphatic carboxylic acids is 1. The Morgan fingerprint density at radius 1 is 1.44 bits per heavy atom. The number of aromatic nitrogens is 1. The summed E-state index contributed by atoms with van der Waals surface area (Å²) in [6.45, 7) is 0. The number of pyridine rings is 1. The number of benzene rings is 1. The molecule has 2 rings (SSSR count). The van der Waals surface area contributed by atoms with Crippen LogP contribution in [0.4, 0.5) is 0 Å². The van der Waals surface area contributed by atoms with Crippen molar-refractivity contribution < 1.29 is 14.6 Å². The first kappa shape index (κ1) is 10.4. The fraction of sp³-hybridized carbons (Fsp3) is 0.167. The maximum Gasteiger partial charge on any atom is 0.307 e. The number of carbonyl (C=O) groups is 1. The molecule has 0 aliphatic carbocycles. The summed E-state index contributed by atoms with van der Waals surface area (Å²) in [4.78, 5) is 14.7. The van der Waals surface area contributed by atoms with Crippen LogP contribution >= 0.6 is 0 Å². The van der Waals surface area contributed by atoms with E-state index in [2.05, 4.69) is 4.98 Å². The molecular weight excluding hydrogens is 206 g/mol. The predicted molar refractivity (Wildman–Crippen MR) is 59.6 cm³/mol. The summed E-state index contributed by atoms with van der Waals surface area (Å²) in [6, 6.07) is 5.51. The highest BCUT2D eigenvalue weighted by Crippen LogP contribution is 2.22. The molecule has 0 saturated carbocycles. The van der Waals surface area contributed by atoms with Gasteiger partial charge in [-0.3, -0.25) is 9.78 Å². The Balaban J connectivity index is 2.55. The van der Waals surface area contributed by atoms with Gasteiger partial charge in [-0.15, -0.1) is 0 Å². The zero-order valence-corrected chi connectivity index (χ0v) is 8.80. The highest BCUT2D eigenvalue weighted by Gasteiger charge is 2.06. The number of methoxy groups -OCH3 is 1. The molecule has 0 fully saturated rings. The van der Waals surface area contributed by atoms with E-state index >= 15 is 0 Å². The molecule has 4 heteroatoms. The molecule has 1 N–H and O–H groups in total. The molecule has 82 valence electrons. The topological polar surface area (TPSA) is 59.4 Å². The van der Waals surface area contributed by atoms with Gasteiger partial charge in [0.15, 0.2) is 0 Å². The maximum absolute atomic E-state index is 10.7. The fourth-order valence-electron chi connectivity index (χ4n) is 1.65. The van der Waals surface area contributed by atoms with Crippen molar-refractivity contribution in [1.29, 1.82) is 0 Å². The molecule has 0 saturated heterocycles. The van der Waals surface area contributed by atoms with Crippen LogP contribution in [0.3, 0.4) is 0 Å². The summed E-state index contributed by atoms with van der Waals surface area (Å²) in [7, 11) is 1.59. The Kier molecular flexibility index (Phi) is 2.72. The Morgan fingerprint density at radius 3 is 2.94 bits per heavy atom. The lowest BCUT2D eigenvalue weighted by atomic mass is 10.1. The SMILES string of the molecule is COc1ccc2c(CC(=O)O)cncc2c1. The van der Waals surface area contributed by atoms with Crippen LogP contribution < -0.4 is 4.74 Å². The molecule has 0 radical (unpaired) electrons. The molecule has 0 bridgehead atoms. The molecule has 4 nitrogen and oxygen atoms in total. The number of hydrogen-bond donors (Lipinski definition) is 1. The molecule has 0 amide bonds. The van der Waals surface area contributed by atoms with Crippen molar-refractivity contribution in [2.24, 2.45) is 0 Å². The van der Waals surface area contributed by atoms with Gasteiger partial charge < -0.3 is 9.84 Å². The Labute approximate surface area is 92.5 Å². The van der Waals surface area contributed by atoms with E-state index in [9.17, 15) is 4.79 Å². The van der Waals surface area contributed by atoms with Gasteiger partial charge in [0.05, 0.1) is 13.5 Å². The van der Waals surface area contributed by atoms with Gasteiger partial charge in [-0.05, 0) is 23.1 Å². The minimum atomic E-state index is -0.856. The van der Waals surface area contributed by atoms with Gasteiger partial charge in [0.25, 0.3) is 0 Å². The minimum absolute atomic E-state index is 0.0172. The van der Waals surface area contributed by atoms with E-state index < -0.39 is 5.97 Å². The molecule has 1 aromatic heterocycles. The Morgan fingerprint density at radius 2 is 2.25 bits per heavy atom. The van der Waals surface area contributed by atoms with Crippen LogP contribution in [0.25, 0.3) is 10.8 Å². The standard InChI is InChI=1S/C12H11NO3/c1-16-10-2-3-11-8(4-10)6-13-7-9(11)5-12(14)15/h2-4,6-7H,5H2,1H3,(H,14,15). The van der Waals surface area contributed by atoms with Gasteiger partial charge in [0.1, 0.15) is 5.75 Å². The second-order valence-electron chi connectivity index (χ2n) is 3.46. The largest absolute Gasteiger partial charge is 0.497 e. The van der Waals surface area contributed by atoms with Crippen LogP contribution in [0.5, 0.6) is 5.75 Å². The number of rotatable bonds is 3. The van der Waals surface area contributed by atoms with E-state index in [0.29, 0.717) is 5.56 Å². The third-order valence-corrected chi connectivity index (χ3v) is 2.39. The lowest BCUT2D eigenvalue weighted by molar-refractivity contribution is -0.136. The molecule has 0 aliphatic rings. The molecule has 0 unspecified atom stereocenters.